The summed E-state index contributed by atoms with van der Waals surface area (Å²) >= 11 is 0. The summed E-state index contributed by atoms with van der Waals surface area (Å²) < 4.78 is 3.90. The molecule has 0 aliphatic carbocycles. The van der Waals surface area contributed by atoms with Gasteiger partial charge in [0.15, 0.2) is 0 Å². The number of carbonyl (C=O) groups excluding carboxylic acids is 1. The maximum Gasteiger partial charge on any atom is 0.270 e. The summed E-state index contributed by atoms with van der Waals surface area (Å²) in [6.07, 6.45) is 5.15. The van der Waals surface area contributed by atoms with Crippen LogP contribution in [0.15, 0.2) is 67.0 Å². The van der Waals surface area contributed by atoms with E-state index in [1.807, 2.05) is 53.9 Å². The SMILES string of the molecule is CCc1nn(Cc2cccc(C)n2)c2cccc(C(CCN3CCN(C)CC3)NC(=O)c3cnc4ccccn34)c12. The van der Waals surface area contributed by atoms with E-state index in [0.29, 0.717) is 12.2 Å². The normalized spacial score (nSPS) is 15.5. The van der Waals surface area contributed by atoms with Crippen molar-refractivity contribution in [1.29, 1.82) is 0 Å². The molecule has 1 atom stereocenters. The number of nitrogens with one attached hydrogen (secondary N) is 1. The molecule has 0 radical (unpaired) electrons. The molecule has 0 spiro atoms. The van der Waals surface area contributed by atoms with Crippen LogP contribution in [-0.4, -0.2) is 79.6 Å². The number of aryl methyl sites for hydroxylation is 2. The van der Waals surface area contributed by atoms with Gasteiger partial charge in [0.25, 0.3) is 5.91 Å². The molecule has 0 saturated carbocycles. The van der Waals surface area contributed by atoms with Crippen molar-refractivity contribution in [2.24, 2.45) is 0 Å². The summed E-state index contributed by atoms with van der Waals surface area (Å²) in [5.41, 5.74) is 6.49. The van der Waals surface area contributed by atoms with Crippen molar-refractivity contribution in [3.8, 4) is 0 Å². The van der Waals surface area contributed by atoms with Crippen LogP contribution in [0.4, 0.5) is 0 Å². The monoisotopic (exact) mass is 550 g/mol. The number of aromatic nitrogens is 5. The lowest BCUT2D eigenvalue weighted by Crippen LogP contribution is -2.45. The Balaban J connectivity index is 1.36. The fraction of sp³-hybridized carbons (Fsp3) is 0.375. The molecular weight excluding hydrogens is 512 g/mol. The van der Waals surface area contributed by atoms with Crippen molar-refractivity contribution in [3.63, 3.8) is 0 Å². The number of piperazine rings is 1. The van der Waals surface area contributed by atoms with Crippen LogP contribution in [0.1, 0.15) is 52.5 Å². The number of benzene rings is 1. The van der Waals surface area contributed by atoms with Crippen LogP contribution in [0, 0.1) is 6.92 Å². The molecule has 5 heterocycles. The lowest BCUT2D eigenvalue weighted by atomic mass is 9.97. The van der Waals surface area contributed by atoms with Crippen molar-refractivity contribution in [2.45, 2.75) is 39.3 Å². The second kappa shape index (κ2) is 11.8. The molecule has 0 bridgehead atoms. The molecular formula is C32H38N8O. The maximum atomic E-state index is 13.7. The predicted octanol–water partition coefficient (Wildman–Crippen LogP) is 4.11. The molecule has 1 amide bonds. The van der Waals surface area contributed by atoms with E-state index in [1.54, 1.807) is 6.20 Å². The predicted molar refractivity (Wildman–Crippen MR) is 161 cm³/mol. The van der Waals surface area contributed by atoms with E-state index in [0.717, 1.165) is 84.8 Å². The number of carbonyl (C=O) groups is 1. The van der Waals surface area contributed by atoms with Gasteiger partial charge in [0, 0.05) is 50.0 Å². The third-order valence-corrected chi connectivity index (χ3v) is 8.14. The largest absolute Gasteiger partial charge is 0.344 e. The Labute approximate surface area is 240 Å². The zero-order valence-electron chi connectivity index (χ0n) is 24.1. The van der Waals surface area contributed by atoms with Gasteiger partial charge in [-0.25, -0.2) is 4.98 Å². The molecule has 9 heteroatoms. The third-order valence-electron chi connectivity index (χ3n) is 8.14. The van der Waals surface area contributed by atoms with E-state index in [2.05, 4.69) is 57.0 Å². The third kappa shape index (κ3) is 5.73. The standard InChI is InChI=1S/C32H38N8O/c1-4-26-31-25(11-8-12-28(31)40(36-26)22-24-10-7-9-23(2)34-24)27(14-16-38-19-17-37(3)18-20-38)35-32(41)29-21-33-30-13-5-6-15-39(29)30/h5-13,15,21,27H,4,14,16-20,22H2,1-3H3,(H,35,41). The fourth-order valence-electron chi connectivity index (χ4n) is 5.86. The van der Waals surface area contributed by atoms with E-state index in [-0.39, 0.29) is 11.9 Å². The quantitative estimate of drug-likeness (QED) is 0.298. The Hall–Kier alpha value is -4.08. The van der Waals surface area contributed by atoms with E-state index in [4.69, 9.17) is 10.1 Å². The molecule has 41 heavy (non-hydrogen) atoms. The summed E-state index contributed by atoms with van der Waals surface area (Å²) in [6.45, 7) is 9.86. The number of hydrogen-bond donors (Lipinski definition) is 1. The highest BCUT2D eigenvalue weighted by molar-refractivity contribution is 5.94. The Morgan fingerprint density at radius 1 is 1.02 bits per heavy atom. The average molecular weight is 551 g/mol. The number of amides is 1. The van der Waals surface area contributed by atoms with E-state index in [1.165, 1.54) is 0 Å². The summed E-state index contributed by atoms with van der Waals surface area (Å²) in [4.78, 5) is 27.8. The van der Waals surface area contributed by atoms with Gasteiger partial charge in [0.2, 0.25) is 0 Å². The van der Waals surface area contributed by atoms with E-state index in [9.17, 15) is 4.79 Å². The highest BCUT2D eigenvalue weighted by Crippen LogP contribution is 2.31. The number of likely N-dealkylation sites (N-methyl/N-ethyl adjacent to an activating group) is 1. The summed E-state index contributed by atoms with van der Waals surface area (Å²) in [7, 11) is 2.17. The number of rotatable bonds is 9. The van der Waals surface area contributed by atoms with Crippen LogP contribution in [0.3, 0.4) is 0 Å². The van der Waals surface area contributed by atoms with Crippen molar-refractivity contribution in [1.82, 2.24) is 39.3 Å². The van der Waals surface area contributed by atoms with Gasteiger partial charge in [-0.05, 0) is 62.7 Å². The highest BCUT2D eigenvalue weighted by Gasteiger charge is 2.25. The topological polar surface area (TPSA) is 83.6 Å². The number of imidazole rings is 1. The van der Waals surface area contributed by atoms with Crippen LogP contribution in [0.2, 0.25) is 0 Å². The van der Waals surface area contributed by atoms with Gasteiger partial charge < -0.3 is 15.1 Å². The Kier molecular flexibility index (Phi) is 7.80. The number of hydrogen-bond acceptors (Lipinski definition) is 6. The van der Waals surface area contributed by atoms with Crippen LogP contribution in [0.25, 0.3) is 16.6 Å². The molecule has 1 aromatic carbocycles. The van der Waals surface area contributed by atoms with Gasteiger partial charge in [-0.3, -0.25) is 18.9 Å². The molecule has 6 rings (SSSR count). The van der Waals surface area contributed by atoms with Gasteiger partial charge in [0.05, 0.1) is 35.7 Å². The molecule has 1 aliphatic rings. The number of pyridine rings is 2. The Morgan fingerprint density at radius 3 is 2.66 bits per heavy atom. The molecule has 1 aliphatic heterocycles. The van der Waals surface area contributed by atoms with Crippen molar-refractivity contribution >= 4 is 22.5 Å². The first-order chi connectivity index (χ1) is 20.0. The molecule has 4 aromatic heterocycles. The first kappa shape index (κ1) is 27.1. The molecule has 9 nitrogen and oxygen atoms in total. The molecule has 1 saturated heterocycles. The Morgan fingerprint density at radius 2 is 1.85 bits per heavy atom. The van der Waals surface area contributed by atoms with Crippen LogP contribution < -0.4 is 5.32 Å². The zero-order valence-corrected chi connectivity index (χ0v) is 24.1. The van der Waals surface area contributed by atoms with Gasteiger partial charge in [-0.2, -0.15) is 5.10 Å². The minimum absolute atomic E-state index is 0.126. The summed E-state index contributed by atoms with van der Waals surface area (Å²) in [6, 6.07) is 18.0. The van der Waals surface area contributed by atoms with Crippen molar-refractivity contribution in [3.05, 3.63) is 95.3 Å². The van der Waals surface area contributed by atoms with Crippen LogP contribution in [0.5, 0.6) is 0 Å². The average Bonchev–Trinajstić information content (AvgIpc) is 3.58. The lowest BCUT2D eigenvalue weighted by Gasteiger charge is -2.33. The van der Waals surface area contributed by atoms with E-state index >= 15 is 0 Å². The molecule has 1 unspecified atom stereocenters. The number of nitrogens with zero attached hydrogens (tertiary/aromatic N) is 7. The minimum atomic E-state index is -0.180. The lowest BCUT2D eigenvalue weighted by molar-refractivity contribution is 0.0921. The molecule has 5 aromatic rings. The first-order valence-corrected chi connectivity index (χ1v) is 14.5. The molecule has 1 fully saturated rings. The van der Waals surface area contributed by atoms with Crippen molar-refractivity contribution < 1.29 is 4.79 Å². The van der Waals surface area contributed by atoms with Crippen LogP contribution >= 0.6 is 0 Å². The number of fused-ring (bicyclic) bond motifs is 2. The smallest absolute Gasteiger partial charge is 0.270 e. The second-order valence-electron chi connectivity index (χ2n) is 11.0. The van der Waals surface area contributed by atoms with Gasteiger partial charge in [-0.1, -0.05) is 31.2 Å². The van der Waals surface area contributed by atoms with Gasteiger partial charge >= 0.3 is 0 Å². The minimum Gasteiger partial charge on any atom is -0.344 e. The fourth-order valence-corrected chi connectivity index (χ4v) is 5.86. The molecule has 212 valence electrons. The highest BCUT2D eigenvalue weighted by atomic mass is 16.2. The second-order valence-corrected chi connectivity index (χ2v) is 11.0. The Bertz CT molecular complexity index is 1660. The van der Waals surface area contributed by atoms with Crippen LogP contribution in [-0.2, 0) is 13.0 Å². The van der Waals surface area contributed by atoms with Gasteiger partial charge in [0.1, 0.15) is 11.3 Å². The summed E-state index contributed by atoms with van der Waals surface area (Å²) in [5.74, 6) is -0.126. The van der Waals surface area contributed by atoms with Gasteiger partial charge in [-0.15, -0.1) is 0 Å². The van der Waals surface area contributed by atoms with Crippen molar-refractivity contribution in [2.75, 3.05) is 39.8 Å². The molecule has 1 N–H and O–H groups in total. The van der Waals surface area contributed by atoms with E-state index < -0.39 is 0 Å². The first-order valence-electron chi connectivity index (χ1n) is 14.5. The maximum absolute atomic E-state index is 13.7. The zero-order chi connectivity index (χ0) is 28.3. The summed E-state index contributed by atoms with van der Waals surface area (Å²) in [5, 5.41) is 9.57.